The molecular formula is C36H46N2O5. The number of likely N-dealkylation sites (tertiary alicyclic amines) is 1. The van der Waals surface area contributed by atoms with Crippen LogP contribution in [0.4, 0.5) is 0 Å². The highest BCUT2D eigenvalue weighted by Crippen LogP contribution is 2.49. The molecule has 4 atom stereocenters. The van der Waals surface area contributed by atoms with Crippen LogP contribution in [0.25, 0.3) is 11.6 Å². The Labute approximate surface area is 255 Å². The molecule has 3 aliphatic rings. The van der Waals surface area contributed by atoms with Crippen LogP contribution in [0.2, 0.25) is 0 Å². The summed E-state index contributed by atoms with van der Waals surface area (Å²) in [5.41, 5.74) is 6.00. The maximum absolute atomic E-state index is 13.9. The molecule has 5 rings (SSSR count). The number of aromatic nitrogens is 1. The number of amides is 2. The van der Waals surface area contributed by atoms with Crippen LogP contribution in [0.5, 0.6) is 5.75 Å². The first-order valence-electron chi connectivity index (χ1n) is 15.9. The summed E-state index contributed by atoms with van der Waals surface area (Å²) in [6, 6.07) is 9.57. The molecule has 0 unspecified atom stereocenters. The average molecular weight is 587 g/mol. The second-order valence-electron chi connectivity index (χ2n) is 13.0. The minimum atomic E-state index is -0.877. The van der Waals surface area contributed by atoms with Gasteiger partial charge >= 0.3 is 0 Å². The molecular weight excluding hydrogens is 540 g/mol. The van der Waals surface area contributed by atoms with E-state index in [0.717, 1.165) is 71.2 Å². The summed E-state index contributed by atoms with van der Waals surface area (Å²) in [5, 5.41) is 32.8. The number of hydrogen-bond acceptors (Lipinski definition) is 6. The summed E-state index contributed by atoms with van der Waals surface area (Å²) < 4.78 is 0. The molecule has 43 heavy (non-hydrogen) atoms. The zero-order valence-electron chi connectivity index (χ0n) is 25.9. The van der Waals surface area contributed by atoms with Crippen LogP contribution < -0.4 is 0 Å². The number of fused-ring (bicyclic) bond motifs is 1. The van der Waals surface area contributed by atoms with E-state index < -0.39 is 23.9 Å². The number of pyridine rings is 1. The molecule has 1 saturated carbocycles. The monoisotopic (exact) mass is 586 g/mol. The average Bonchev–Trinajstić information content (AvgIpc) is 3.26. The van der Waals surface area contributed by atoms with Crippen molar-refractivity contribution in [3.05, 3.63) is 70.1 Å². The first kappa shape index (κ1) is 31.1. The fraction of sp³-hybridized carbons (Fsp3) is 0.528. The highest BCUT2D eigenvalue weighted by molar-refractivity contribution is 6.06. The Bertz CT molecular complexity index is 1380. The first-order chi connectivity index (χ1) is 20.6. The van der Waals surface area contributed by atoms with Gasteiger partial charge in [-0.2, -0.15) is 0 Å². The third kappa shape index (κ3) is 6.20. The van der Waals surface area contributed by atoms with Crippen LogP contribution >= 0.6 is 0 Å². The molecule has 2 amide bonds. The maximum Gasteiger partial charge on any atom is 0.234 e. The molecule has 1 saturated heterocycles. The molecule has 2 aliphatic carbocycles. The molecule has 0 spiro atoms. The quantitative estimate of drug-likeness (QED) is 0.246. The number of phenols is 1. The Hall–Kier alpha value is -3.29. The summed E-state index contributed by atoms with van der Waals surface area (Å²) in [6.07, 6.45) is 9.15. The van der Waals surface area contributed by atoms with Crippen LogP contribution in [0.1, 0.15) is 87.6 Å². The third-order valence-corrected chi connectivity index (χ3v) is 9.88. The highest BCUT2D eigenvalue weighted by atomic mass is 16.3. The number of hydrogen-bond donors (Lipinski definition) is 3. The Balaban J connectivity index is 1.44. The van der Waals surface area contributed by atoms with Gasteiger partial charge in [-0.1, -0.05) is 44.7 Å². The fourth-order valence-corrected chi connectivity index (χ4v) is 7.72. The number of aryl methyl sites for hydroxylation is 2. The number of rotatable bonds is 9. The van der Waals surface area contributed by atoms with Crippen molar-refractivity contribution >= 4 is 23.5 Å². The molecule has 3 N–H and O–H groups in total. The summed E-state index contributed by atoms with van der Waals surface area (Å²) in [5.74, 6) is -1.58. The van der Waals surface area contributed by atoms with Crippen LogP contribution in [-0.2, 0) is 9.59 Å². The number of aliphatic hydroxyl groups is 2. The molecule has 1 aromatic heterocycles. The molecule has 2 aromatic rings. The van der Waals surface area contributed by atoms with Gasteiger partial charge in [0, 0.05) is 18.2 Å². The highest BCUT2D eigenvalue weighted by Gasteiger charge is 2.56. The normalized spacial score (nSPS) is 24.2. The largest absolute Gasteiger partial charge is 0.507 e. The number of aliphatic hydroxyl groups excluding tert-OH is 2. The van der Waals surface area contributed by atoms with Crippen molar-refractivity contribution in [3.63, 3.8) is 0 Å². The van der Waals surface area contributed by atoms with Gasteiger partial charge in [0.2, 0.25) is 11.8 Å². The van der Waals surface area contributed by atoms with Crippen molar-refractivity contribution in [2.24, 2.45) is 23.7 Å². The lowest BCUT2D eigenvalue weighted by atomic mass is 9.66. The van der Waals surface area contributed by atoms with E-state index >= 15 is 0 Å². The number of aromatic hydroxyl groups is 1. The molecule has 1 aliphatic heterocycles. The topological polar surface area (TPSA) is 111 Å². The van der Waals surface area contributed by atoms with Gasteiger partial charge in [0.15, 0.2) is 0 Å². The van der Waals surface area contributed by atoms with Crippen LogP contribution in [0.3, 0.4) is 0 Å². The third-order valence-electron chi connectivity index (χ3n) is 9.88. The lowest BCUT2D eigenvalue weighted by molar-refractivity contribution is -0.143. The Morgan fingerprint density at radius 1 is 1.07 bits per heavy atom. The van der Waals surface area contributed by atoms with E-state index in [9.17, 15) is 24.9 Å². The Kier molecular flexibility index (Phi) is 9.52. The van der Waals surface area contributed by atoms with Gasteiger partial charge in [-0.3, -0.25) is 19.5 Å². The predicted octanol–water partition coefficient (Wildman–Crippen LogP) is 5.98. The lowest BCUT2D eigenvalue weighted by Gasteiger charge is -2.38. The molecule has 0 radical (unpaired) electrons. The predicted molar refractivity (Wildman–Crippen MR) is 168 cm³/mol. The van der Waals surface area contributed by atoms with E-state index in [2.05, 4.69) is 18.8 Å². The zero-order chi connectivity index (χ0) is 30.8. The van der Waals surface area contributed by atoms with Gasteiger partial charge < -0.3 is 15.3 Å². The van der Waals surface area contributed by atoms with E-state index in [4.69, 9.17) is 0 Å². The van der Waals surface area contributed by atoms with Gasteiger partial charge in [0.25, 0.3) is 0 Å². The van der Waals surface area contributed by atoms with Crippen molar-refractivity contribution in [1.29, 1.82) is 0 Å². The van der Waals surface area contributed by atoms with Crippen LogP contribution in [0.15, 0.2) is 47.7 Å². The van der Waals surface area contributed by atoms with Gasteiger partial charge in [0.1, 0.15) is 5.75 Å². The molecule has 1 aromatic carbocycles. The SMILES string of the molecule is Cc1cc(/C=C(/CC[C@@H](O)C2=C(C(C)C)C[C@H]3C(=O)N(C4CCCCC4)C(=O)[C@H]3[C@H]2CO)c2ccccn2)cc(C)c1O. The summed E-state index contributed by atoms with van der Waals surface area (Å²) >= 11 is 0. The number of carbonyl (C=O) groups excluding carboxylic acids is 2. The van der Waals surface area contributed by atoms with Crippen molar-refractivity contribution in [2.45, 2.75) is 91.2 Å². The lowest BCUT2D eigenvalue weighted by Crippen LogP contribution is -2.42. The van der Waals surface area contributed by atoms with Crippen molar-refractivity contribution in [3.8, 4) is 5.75 Å². The van der Waals surface area contributed by atoms with Crippen molar-refractivity contribution < 1.29 is 24.9 Å². The molecule has 7 nitrogen and oxygen atoms in total. The standard InChI is InChI=1S/C36H46N2O5/c1-21(2)27-19-28-33(36(43)38(35(28)42)26-10-6-5-7-11-26)29(20-39)32(27)31(40)14-13-25(30-12-8-9-15-37-30)18-24-16-22(3)34(41)23(4)17-24/h8-9,12,15-18,21,26,28-29,31,33,39-41H,5-7,10-11,13-14,19-20H2,1-4H3/b25-18-/t28-,29+,31-,33-/m1/s1. The molecule has 2 fully saturated rings. The van der Waals surface area contributed by atoms with E-state index in [1.54, 1.807) is 6.20 Å². The first-order valence-corrected chi connectivity index (χ1v) is 15.9. The van der Waals surface area contributed by atoms with Gasteiger partial charge in [-0.05, 0) is 110 Å². The van der Waals surface area contributed by atoms with Crippen LogP contribution in [-0.4, -0.2) is 55.8 Å². The van der Waals surface area contributed by atoms with Gasteiger partial charge in [0.05, 0.1) is 30.2 Å². The summed E-state index contributed by atoms with van der Waals surface area (Å²) in [6.45, 7) is 7.59. The summed E-state index contributed by atoms with van der Waals surface area (Å²) in [7, 11) is 0. The number of phenolic OH excluding ortho intramolecular Hbond substituents is 1. The number of nitrogens with zero attached hydrogens (tertiary/aromatic N) is 2. The molecule has 2 heterocycles. The zero-order valence-corrected chi connectivity index (χ0v) is 25.9. The summed E-state index contributed by atoms with van der Waals surface area (Å²) in [4.78, 5) is 33.6. The minimum absolute atomic E-state index is 0.0483. The second kappa shape index (κ2) is 13.1. The van der Waals surface area contributed by atoms with Gasteiger partial charge in [-0.25, -0.2) is 0 Å². The number of allylic oxidation sites excluding steroid dienone is 2. The van der Waals surface area contributed by atoms with E-state index in [-0.39, 0.29) is 36.1 Å². The fourth-order valence-electron chi connectivity index (χ4n) is 7.72. The minimum Gasteiger partial charge on any atom is -0.507 e. The van der Waals surface area contributed by atoms with E-state index in [0.29, 0.717) is 19.3 Å². The second-order valence-corrected chi connectivity index (χ2v) is 13.0. The van der Waals surface area contributed by atoms with E-state index in [1.807, 2.05) is 50.3 Å². The number of benzene rings is 1. The molecule has 7 heteroatoms. The molecule has 230 valence electrons. The Morgan fingerprint density at radius 3 is 2.37 bits per heavy atom. The van der Waals surface area contributed by atoms with Crippen molar-refractivity contribution in [2.75, 3.05) is 6.61 Å². The number of imide groups is 1. The Morgan fingerprint density at radius 2 is 1.77 bits per heavy atom. The smallest absolute Gasteiger partial charge is 0.234 e. The molecule has 0 bridgehead atoms. The van der Waals surface area contributed by atoms with Gasteiger partial charge in [-0.15, -0.1) is 0 Å². The van der Waals surface area contributed by atoms with Crippen molar-refractivity contribution in [1.82, 2.24) is 9.88 Å². The van der Waals surface area contributed by atoms with E-state index in [1.165, 1.54) is 4.90 Å². The van der Waals surface area contributed by atoms with Crippen LogP contribution in [0, 0.1) is 37.5 Å². The number of carbonyl (C=O) groups is 2. The maximum atomic E-state index is 13.9.